The predicted octanol–water partition coefficient (Wildman–Crippen LogP) is 2.98. The Morgan fingerprint density at radius 2 is 1.90 bits per heavy atom. The summed E-state index contributed by atoms with van der Waals surface area (Å²) in [6.07, 6.45) is 0. The number of methoxy groups -OCH3 is 2. The average Bonchev–Trinajstić information content (AvgIpc) is 3.30. The zero-order valence-electron chi connectivity index (χ0n) is 18.5. The summed E-state index contributed by atoms with van der Waals surface area (Å²) in [6, 6.07) is 5.90. The SMILES string of the molecule is COc1cc(OC)c(C(C)C)cc1C(=O)N1Cc2cc(CN3CCNC(=O)C3)sc2C1. The van der Waals surface area contributed by atoms with E-state index in [1.807, 2.05) is 11.0 Å². The van der Waals surface area contributed by atoms with E-state index >= 15 is 0 Å². The number of nitrogens with zero attached hydrogens (tertiary/aromatic N) is 2. The summed E-state index contributed by atoms with van der Waals surface area (Å²) in [4.78, 5) is 31.5. The minimum Gasteiger partial charge on any atom is -0.496 e. The second kappa shape index (κ2) is 8.88. The number of piperazine rings is 1. The van der Waals surface area contributed by atoms with E-state index in [9.17, 15) is 9.59 Å². The maximum atomic E-state index is 13.4. The third kappa shape index (κ3) is 4.41. The van der Waals surface area contributed by atoms with Gasteiger partial charge in [0.1, 0.15) is 11.5 Å². The lowest BCUT2D eigenvalue weighted by molar-refractivity contribution is -0.124. The summed E-state index contributed by atoms with van der Waals surface area (Å²) in [5.74, 6) is 1.55. The Labute approximate surface area is 186 Å². The fraction of sp³-hybridized carbons (Fsp3) is 0.478. The van der Waals surface area contributed by atoms with Crippen molar-refractivity contribution in [1.29, 1.82) is 0 Å². The van der Waals surface area contributed by atoms with E-state index in [1.54, 1.807) is 31.6 Å². The maximum Gasteiger partial charge on any atom is 0.258 e. The van der Waals surface area contributed by atoms with Gasteiger partial charge in [0.2, 0.25) is 5.91 Å². The molecule has 0 unspecified atom stereocenters. The van der Waals surface area contributed by atoms with Crippen LogP contribution in [0.5, 0.6) is 11.5 Å². The van der Waals surface area contributed by atoms with Gasteiger partial charge in [-0.25, -0.2) is 0 Å². The van der Waals surface area contributed by atoms with Crippen LogP contribution in [0, 0.1) is 0 Å². The van der Waals surface area contributed by atoms with Gasteiger partial charge in [0.15, 0.2) is 0 Å². The van der Waals surface area contributed by atoms with Crippen molar-refractivity contribution >= 4 is 23.2 Å². The number of carbonyl (C=O) groups excluding carboxylic acids is 2. The van der Waals surface area contributed by atoms with Crippen LogP contribution in [-0.4, -0.2) is 55.5 Å². The van der Waals surface area contributed by atoms with Gasteiger partial charge in [-0.05, 0) is 29.2 Å². The highest BCUT2D eigenvalue weighted by molar-refractivity contribution is 7.12. The van der Waals surface area contributed by atoms with E-state index < -0.39 is 0 Å². The van der Waals surface area contributed by atoms with E-state index in [-0.39, 0.29) is 17.7 Å². The fourth-order valence-electron chi connectivity index (χ4n) is 4.21. The van der Waals surface area contributed by atoms with Crippen molar-refractivity contribution in [3.05, 3.63) is 44.6 Å². The largest absolute Gasteiger partial charge is 0.496 e. The number of amides is 2. The van der Waals surface area contributed by atoms with Crippen LogP contribution >= 0.6 is 11.3 Å². The molecule has 1 aromatic heterocycles. The molecule has 1 N–H and O–H groups in total. The Hall–Kier alpha value is -2.58. The lowest BCUT2D eigenvalue weighted by Gasteiger charge is -2.25. The Kier molecular flexibility index (Phi) is 6.20. The van der Waals surface area contributed by atoms with Crippen LogP contribution in [0.2, 0.25) is 0 Å². The molecule has 1 aromatic carbocycles. The Morgan fingerprint density at radius 1 is 1.13 bits per heavy atom. The van der Waals surface area contributed by atoms with Crippen molar-refractivity contribution in [2.75, 3.05) is 33.9 Å². The molecule has 2 aromatic rings. The molecule has 3 heterocycles. The van der Waals surface area contributed by atoms with Gasteiger partial charge in [0.25, 0.3) is 5.91 Å². The number of carbonyl (C=O) groups is 2. The summed E-state index contributed by atoms with van der Waals surface area (Å²) in [6.45, 7) is 8.16. The van der Waals surface area contributed by atoms with Gasteiger partial charge in [0.05, 0.1) is 32.9 Å². The number of rotatable bonds is 6. The topological polar surface area (TPSA) is 71.1 Å². The van der Waals surface area contributed by atoms with E-state index in [4.69, 9.17) is 9.47 Å². The highest BCUT2D eigenvalue weighted by atomic mass is 32.1. The Morgan fingerprint density at radius 3 is 2.55 bits per heavy atom. The van der Waals surface area contributed by atoms with E-state index in [2.05, 4.69) is 30.1 Å². The Bertz CT molecular complexity index is 977. The quantitative estimate of drug-likeness (QED) is 0.743. The normalized spacial score (nSPS) is 16.4. The zero-order valence-corrected chi connectivity index (χ0v) is 19.3. The Balaban J connectivity index is 1.49. The van der Waals surface area contributed by atoms with Crippen LogP contribution in [0.25, 0.3) is 0 Å². The highest BCUT2D eigenvalue weighted by Gasteiger charge is 2.30. The van der Waals surface area contributed by atoms with Crippen LogP contribution in [0.4, 0.5) is 0 Å². The first-order valence-corrected chi connectivity index (χ1v) is 11.4. The molecule has 1 fully saturated rings. The van der Waals surface area contributed by atoms with E-state index in [0.29, 0.717) is 37.5 Å². The number of benzene rings is 1. The van der Waals surface area contributed by atoms with Crippen molar-refractivity contribution in [2.45, 2.75) is 39.4 Å². The minimum atomic E-state index is -0.0287. The summed E-state index contributed by atoms with van der Waals surface area (Å²) in [5.41, 5.74) is 2.77. The molecular weight excluding hydrogens is 414 g/mol. The number of nitrogens with one attached hydrogen (secondary N) is 1. The molecule has 8 heteroatoms. The van der Waals surface area contributed by atoms with Crippen molar-refractivity contribution in [3.63, 3.8) is 0 Å². The summed E-state index contributed by atoms with van der Waals surface area (Å²) >= 11 is 1.74. The van der Waals surface area contributed by atoms with Crippen LogP contribution in [0.3, 0.4) is 0 Å². The summed E-state index contributed by atoms with van der Waals surface area (Å²) in [5, 5.41) is 2.86. The maximum absolute atomic E-state index is 13.4. The van der Waals surface area contributed by atoms with Crippen LogP contribution in [0.15, 0.2) is 18.2 Å². The lowest BCUT2D eigenvalue weighted by Crippen LogP contribution is -2.46. The average molecular weight is 444 g/mol. The number of fused-ring (bicyclic) bond motifs is 1. The summed E-state index contributed by atoms with van der Waals surface area (Å²) < 4.78 is 11.0. The monoisotopic (exact) mass is 443 g/mol. The first kappa shape index (κ1) is 21.6. The second-order valence-electron chi connectivity index (χ2n) is 8.33. The molecule has 0 spiro atoms. The molecule has 31 heavy (non-hydrogen) atoms. The van der Waals surface area contributed by atoms with Crippen LogP contribution < -0.4 is 14.8 Å². The number of thiophene rings is 1. The van der Waals surface area contributed by atoms with E-state index in [0.717, 1.165) is 24.4 Å². The molecule has 4 rings (SSSR count). The number of ether oxygens (including phenoxy) is 2. The fourth-order valence-corrected chi connectivity index (χ4v) is 5.45. The van der Waals surface area contributed by atoms with Gasteiger partial charge in [0, 0.05) is 42.0 Å². The van der Waals surface area contributed by atoms with Crippen LogP contribution in [-0.2, 0) is 24.4 Å². The zero-order chi connectivity index (χ0) is 22.1. The lowest BCUT2D eigenvalue weighted by atomic mass is 9.98. The van der Waals surface area contributed by atoms with Gasteiger partial charge < -0.3 is 19.7 Å². The van der Waals surface area contributed by atoms with Gasteiger partial charge in [-0.1, -0.05) is 13.8 Å². The van der Waals surface area contributed by atoms with Crippen molar-refractivity contribution in [1.82, 2.24) is 15.1 Å². The highest BCUT2D eigenvalue weighted by Crippen LogP contribution is 2.37. The molecule has 0 bridgehead atoms. The first-order chi connectivity index (χ1) is 14.9. The van der Waals surface area contributed by atoms with Gasteiger partial charge in [-0.2, -0.15) is 0 Å². The van der Waals surface area contributed by atoms with Crippen molar-refractivity contribution < 1.29 is 19.1 Å². The minimum absolute atomic E-state index is 0.0287. The molecule has 0 atom stereocenters. The molecule has 166 valence electrons. The third-order valence-electron chi connectivity index (χ3n) is 5.83. The third-order valence-corrected chi connectivity index (χ3v) is 6.98. The van der Waals surface area contributed by atoms with Gasteiger partial charge in [-0.3, -0.25) is 14.5 Å². The first-order valence-electron chi connectivity index (χ1n) is 10.5. The smallest absolute Gasteiger partial charge is 0.258 e. The van der Waals surface area contributed by atoms with Gasteiger partial charge in [-0.15, -0.1) is 11.3 Å². The standard InChI is InChI=1S/C23H29N3O4S/c1-14(2)17-8-18(20(30-4)9-19(17)29-3)23(28)26-10-15-7-16(31-21(15)12-26)11-25-6-5-24-22(27)13-25/h7-9,14H,5-6,10-13H2,1-4H3,(H,24,27). The van der Waals surface area contributed by atoms with Crippen LogP contribution in [0.1, 0.15) is 51.0 Å². The van der Waals surface area contributed by atoms with Crippen molar-refractivity contribution in [2.24, 2.45) is 0 Å². The molecule has 2 aliphatic heterocycles. The van der Waals surface area contributed by atoms with Crippen molar-refractivity contribution in [3.8, 4) is 11.5 Å². The molecule has 7 nitrogen and oxygen atoms in total. The molecule has 2 amide bonds. The molecule has 2 aliphatic rings. The number of hydrogen-bond donors (Lipinski definition) is 1. The predicted molar refractivity (Wildman–Crippen MR) is 120 cm³/mol. The molecule has 0 saturated carbocycles. The van der Waals surface area contributed by atoms with Gasteiger partial charge >= 0.3 is 0 Å². The molecular formula is C23H29N3O4S. The second-order valence-corrected chi connectivity index (χ2v) is 9.55. The summed E-state index contributed by atoms with van der Waals surface area (Å²) in [7, 11) is 3.21. The molecule has 1 saturated heterocycles. The number of hydrogen-bond acceptors (Lipinski definition) is 6. The molecule has 0 radical (unpaired) electrons. The van der Waals surface area contributed by atoms with E-state index in [1.165, 1.54) is 15.3 Å². The molecule has 0 aliphatic carbocycles.